The second-order valence-electron chi connectivity index (χ2n) is 3.80. The molecule has 0 fully saturated rings. The Balaban J connectivity index is 2.23. The van der Waals surface area contributed by atoms with Gasteiger partial charge in [0.1, 0.15) is 18.7 Å². The summed E-state index contributed by atoms with van der Waals surface area (Å²) < 4.78 is 7.11. The minimum absolute atomic E-state index is 0.0250. The summed E-state index contributed by atoms with van der Waals surface area (Å²) >= 11 is 0. The van der Waals surface area contributed by atoms with E-state index in [1.165, 1.54) is 6.33 Å². The van der Waals surface area contributed by atoms with Crippen molar-refractivity contribution in [2.45, 2.75) is 6.61 Å². The number of hydrogen-bond donors (Lipinski definition) is 1. The topological polar surface area (TPSA) is 88.1 Å². The van der Waals surface area contributed by atoms with Crippen LogP contribution in [0.4, 0.5) is 0 Å². The van der Waals surface area contributed by atoms with Crippen molar-refractivity contribution in [1.29, 1.82) is 5.26 Å². The van der Waals surface area contributed by atoms with Crippen LogP contribution in [-0.2, 0) is 6.61 Å². The van der Waals surface area contributed by atoms with Gasteiger partial charge in [0.2, 0.25) is 0 Å². The van der Waals surface area contributed by atoms with Gasteiger partial charge in [0, 0.05) is 0 Å². The van der Waals surface area contributed by atoms with E-state index in [-0.39, 0.29) is 12.3 Å². The third-order valence-corrected chi connectivity index (χ3v) is 2.78. The molecule has 2 aromatic rings. The Kier molecular flexibility index (Phi) is 2.07. The number of nitrogens with zero attached hydrogens (tertiary/aromatic N) is 3. The number of rotatable bonds is 1. The number of carboxylic acid groups (broad SMARTS) is 1. The zero-order chi connectivity index (χ0) is 12.7. The van der Waals surface area contributed by atoms with Gasteiger partial charge in [0.05, 0.1) is 23.0 Å². The molecule has 0 saturated carbocycles. The van der Waals surface area contributed by atoms with Gasteiger partial charge in [-0.3, -0.25) is 4.57 Å². The fraction of sp³-hybridized carbons (Fsp3) is 0.0833. The first-order valence-electron chi connectivity index (χ1n) is 5.17. The Hall–Kier alpha value is -2.81. The summed E-state index contributed by atoms with van der Waals surface area (Å²) in [6.45, 7) is 0.153. The minimum atomic E-state index is -1.09. The number of ether oxygens (including phenoxy) is 1. The molecule has 6 heteroatoms. The highest BCUT2D eigenvalue weighted by atomic mass is 16.5. The Labute approximate surface area is 102 Å². The van der Waals surface area contributed by atoms with Gasteiger partial charge in [0.15, 0.2) is 5.69 Å². The molecular formula is C12H7N3O3. The lowest BCUT2D eigenvalue weighted by molar-refractivity contribution is 0.0687. The molecule has 0 amide bonds. The number of aromatic carboxylic acids is 1. The minimum Gasteiger partial charge on any atom is -0.485 e. The molecule has 1 aromatic carbocycles. The van der Waals surface area contributed by atoms with Crippen LogP contribution in [-0.4, -0.2) is 20.6 Å². The average molecular weight is 241 g/mol. The summed E-state index contributed by atoms with van der Waals surface area (Å²) in [5.74, 6) is -0.483. The van der Waals surface area contributed by atoms with E-state index in [1.54, 1.807) is 22.8 Å². The largest absolute Gasteiger partial charge is 0.485 e. The maximum atomic E-state index is 11.0. The van der Waals surface area contributed by atoms with E-state index in [9.17, 15) is 4.79 Å². The third-order valence-electron chi connectivity index (χ3n) is 2.78. The van der Waals surface area contributed by atoms with Crippen LogP contribution in [0.25, 0.3) is 5.69 Å². The van der Waals surface area contributed by atoms with Crippen molar-refractivity contribution in [2.24, 2.45) is 0 Å². The van der Waals surface area contributed by atoms with Crippen LogP contribution in [0.5, 0.6) is 5.75 Å². The molecule has 3 rings (SSSR count). The van der Waals surface area contributed by atoms with Crippen molar-refractivity contribution in [2.75, 3.05) is 0 Å². The lowest BCUT2D eigenvalue weighted by Crippen LogP contribution is -2.15. The van der Waals surface area contributed by atoms with Gasteiger partial charge in [-0.2, -0.15) is 5.26 Å². The summed E-state index contributed by atoms with van der Waals surface area (Å²) in [4.78, 5) is 14.8. The fourth-order valence-electron chi connectivity index (χ4n) is 1.94. The number of aromatic nitrogens is 2. The standard InChI is InChI=1S/C12H7N3O3/c13-4-7-1-2-10-8(3-7)15-6-14-11(12(16)17)9(15)5-18-10/h1-3,6H,5H2,(H,16,17). The molecule has 0 saturated heterocycles. The lowest BCUT2D eigenvalue weighted by Gasteiger charge is -2.20. The molecule has 88 valence electrons. The summed E-state index contributed by atoms with van der Waals surface area (Å²) in [7, 11) is 0. The molecule has 18 heavy (non-hydrogen) atoms. The normalized spacial score (nSPS) is 11.9. The predicted octanol–water partition coefficient (Wildman–Crippen LogP) is 1.33. The summed E-state index contributed by atoms with van der Waals surface area (Å²) in [6, 6.07) is 7.02. The number of hydrogen-bond acceptors (Lipinski definition) is 4. The van der Waals surface area contributed by atoms with Crippen molar-refractivity contribution in [3.05, 3.63) is 41.5 Å². The Morgan fingerprint density at radius 2 is 2.39 bits per heavy atom. The van der Waals surface area contributed by atoms with E-state index in [2.05, 4.69) is 4.98 Å². The SMILES string of the molecule is N#Cc1ccc2c(c1)-n1cnc(C(=O)O)c1CO2. The molecule has 6 nitrogen and oxygen atoms in total. The van der Waals surface area contributed by atoms with Gasteiger partial charge in [-0.05, 0) is 18.2 Å². The second-order valence-corrected chi connectivity index (χ2v) is 3.80. The van der Waals surface area contributed by atoms with E-state index < -0.39 is 5.97 Å². The molecule has 0 spiro atoms. The Morgan fingerprint density at radius 3 is 3.11 bits per heavy atom. The molecule has 0 aliphatic carbocycles. The first-order valence-corrected chi connectivity index (χ1v) is 5.17. The molecule has 1 aliphatic heterocycles. The average Bonchev–Trinajstić information content (AvgIpc) is 2.82. The number of imidazole rings is 1. The molecule has 0 unspecified atom stereocenters. The van der Waals surface area contributed by atoms with E-state index in [0.29, 0.717) is 22.7 Å². The van der Waals surface area contributed by atoms with Crippen LogP contribution >= 0.6 is 0 Å². The zero-order valence-corrected chi connectivity index (χ0v) is 9.12. The van der Waals surface area contributed by atoms with E-state index in [4.69, 9.17) is 15.1 Å². The second kappa shape index (κ2) is 3.60. The quantitative estimate of drug-likeness (QED) is 0.813. The van der Waals surface area contributed by atoms with Crippen LogP contribution in [0.3, 0.4) is 0 Å². The Morgan fingerprint density at radius 1 is 1.56 bits per heavy atom. The van der Waals surface area contributed by atoms with Crippen LogP contribution < -0.4 is 4.74 Å². The monoisotopic (exact) mass is 241 g/mol. The maximum Gasteiger partial charge on any atom is 0.356 e. The van der Waals surface area contributed by atoms with E-state index in [0.717, 1.165) is 0 Å². The van der Waals surface area contributed by atoms with Crippen molar-refractivity contribution < 1.29 is 14.6 Å². The number of carbonyl (C=O) groups is 1. The molecular weight excluding hydrogens is 234 g/mol. The molecule has 0 atom stereocenters. The van der Waals surface area contributed by atoms with Gasteiger partial charge in [-0.15, -0.1) is 0 Å². The van der Waals surface area contributed by atoms with Crippen LogP contribution in [0.15, 0.2) is 24.5 Å². The summed E-state index contributed by atoms with van der Waals surface area (Å²) in [5, 5.41) is 17.9. The van der Waals surface area contributed by atoms with Gasteiger partial charge >= 0.3 is 5.97 Å². The molecule has 0 bridgehead atoms. The number of carboxylic acids is 1. The number of fused-ring (bicyclic) bond motifs is 3. The smallest absolute Gasteiger partial charge is 0.356 e. The summed E-state index contributed by atoms with van der Waals surface area (Å²) in [6.07, 6.45) is 1.43. The molecule has 1 N–H and O–H groups in total. The highest BCUT2D eigenvalue weighted by Gasteiger charge is 2.24. The molecule has 1 aromatic heterocycles. The van der Waals surface area contributed by atoms with Gasteiger partial charge in [0.25, 0.3) is 0 Å². The van der Waals surface area contributed by atoms with E-state index >= 15 is 0 Å². The van der Waals surface area contributed by atoms with Gasteiger partial charge < -0.3 is 9.84 Å². The van der Waals surface area contributed by atoms with Crippen molar-refractivity contribution >= 4 is 5.97 Å². The number of benzene rings is 1. The number of nitriles is 1. The predicted molar refractivity (Wildman–Crippen MR) is 59.6 cm³/mol. The van der Waals surface area contributed by atoms with Crippen molar-refractivity contribution in [3.63, 3.8) is 0 Å². The van der Waals surface area contributed by atoms with Crippen LogP contribution in [0.1, 0.15) is 21.7 Å². The highest BCUT2D eigenvalue weighted by Crippen LogP contribution is 2.31. The van der Waals surface area contributed by atoms with Crippen LogP contribution in [0, 0.1) is 11.3 Å². The maximum absolute atomic E-state index is 11.0. The van der Waals surface area contributed by atoms with Crippen LogP contribution in [0.2, 0.25) is 0 Å². The first kappa shape index (κ1) is 10.4. The first-order chi connectivity index (χ1) is 8.70. The Bertz CT molecular complexity index is 697. The zero-order valence-electron chi connectivity index (χ0n) is 9.12. The molecule has 1 aliphatic rings. The van der Waals surface area contributed by atoms with Gasteiger partial charge in [-0.1, -0.05) is 0 Å². The molecule has 0 radical (unpaired) electrons. The summed E-state index contributed by atoms with van der Waals surface area (Å²) in [5.41, 5.74) is 1.57. The fourth-order valence-corrected chi connectivity index (χ4v) is 1.94. The third kappa shape index (κ3) is 1.34. The molecule has 2 heterocycles. The lowest BCUT2D eigenvalue weighted by atomic mass is 10.1. The van der Waals surface area contributed by atoms with Crippen molar-refractivity contribution in [1.82, 2.24) is 9.55 Å². The highest BCUT2D eigenvalue weighted by molar-refractivity contribution is 5.87. The van der Waals surface area contributed by atoms with Gasteiger partial charge in [-0.25, -0.2) is 9.78 Å². The van der Waals surface area contributed by atoms with E-state index in [1.807, 2.05) is 6.07 Å². The van der Waals surface area contributed by atoms with Crippen molar-refractivity contribution in [3.8, 4) is 17.5 Å².